The van der Waals surface area contributed by atoms with E-state index in [2.05, 4.69) is 0 Å². The molecule has 0 saturated carbocycles. The van der Waals surface area contributed by atoms with Gasteiger partial charge in [-0.25, -0.2) is 0 Å². The minimum Gasteiger partial charge on any atom is -0.408 e. The highest BCUT2D eigenvalue weighted by molar-refractivity contribution is 7.43. The molecule has 16 heteroatoms. The third-order valence-corrected chi connectivity index (χ3v) is 12.4. The van der Waals surface area contributed by atoms with Gasteiger partial charge in [0.1, 0.15) is 34.5 Å². The van der Waals surface area contributed by atoms with Gasteiger partial charge in [0.2, 0.25) is 0 Å². The van der Waals surface area contributed by atoms with Gasteiger partial charge in [0.05, 0.1) is 75.1 Å². The second-order valence-electron chi connectivity index (χ2n) is 14.4. The van der Waals surface area contributed by atoms with Crippen molar-refractivity contribution in [3.05, 3.63) is 168 Å². The van der Waals surface area contributed by atoms with E-state index in [-0.39, 0.29) is 0 Å². The summed E-state index contributed by atoms with van der Waals surface area (Å²) in [5.74, 6) is 2.83. The SMILES string of the molecule is c1ccc(-c2ccccc2OP(Oc2ccccc2C2OCCO2)Oc2ccccc2C2OCCO2)c(OP(Oc2ccccc2C2OCCO2)Oc2ccccc2C2OCCO2)c1. The monoisotopic (exact) mass is 906 g/mol. The van der Waals surface area contributed by atoms with Crippen molar-refractivity contribution in [2.24, 2.45) is 0 Å². The Morgan fingerprint density at radius 3 is 0.734 bits per heavy atom. The lowest BCUT2D eigenvalue weighted by atomic mass is 10.0. The van der Waals surface area contributed by atoms with Gasteiger partial charge in [-0.2, -0.15) is 0 Å². The molecule has 0 N–H and O–H groups in total. The molecule has 0 bridgehead atoms. The quantitative estimate of drug-likeness (QED) is 0.0805. The maximum Gasteiger partial charge on any atom is 0.530 e. The Kier molecular flexibility index (Phi) is 13.8. The Morgan fingerprint density at radius 2 is 0.469 bits per heavy atom. The van der Waals surface area contributed by atoms with Crippen LogP contribution < -0.4 is 27.1 Å². The van der Waals surface area contributed by atoms with Crippen molar-refractivity contribution >= 4 is 17.2 Å². The van der Waals surface area contributed by atoms with E-state index in [9.17, 15) is 0 Å². The van der Waals surface area contributed by atoms with E-state index in [1.165, 1.54) is 0 Å². The number of ether oxygens (including phenoxy) is 8. The molecule has 14 nitrogen and oxygen atoms in total. The molecule has 0 spiro atoms. The zero-order chi connectivity index (χ0) is 42.9. The first-order chi connectivity index (χ1) is 31.7. The Morgan fingerprint density at radius 1 is 0.266 bits per heavy atom. The number of rotatable bonds is 17. The molecular weight excluding hydrogens is 862 g/mol. The molecule has 0 aliphatic carbocycles. The number of hydrogen-bond acceptors (Lipinski definition) is 14. The Bertz CT molecular complexity index is 2170. The van der Waals surface area contributed by atoms with Crippen molar-refractivity contribution in [1.29, 1.82) is 0 Å². The van der Waals surface area contributed by atoms with Gasteiger partial charge in [-0.3, -0.25) is 0 Å². The molecule has 4 aliphatic heterocycles. The van der Waals surface area contributed by atoms with Gasteiger partial charge in [-0.05, 0) is 36.4 Å². The maximum absolute atomic E-state index is 6.83. The van der Waals surface area contributed by atoms with Crippen LogP contribution in [-0.4, -0.2) is 52.9 Å². The molecule has 10 rings (SSSR count). The number of hydrogen-bond donors (Lipinski definition) is 0. The van der Waals surface area contributed by atoms with Crippen molar-refractivity contribution in [3.8, 4) is 45.6 Å². The van der Waals surface area contributed by atoms with Gasteiger partial charge < -0.3 is 65.0 Å². The van der Waals surface area contributed by atoms with Crippen LogP contribution in [0.15, 0.2) is 146 Å². The van der Waals surface area contributed by atoms with Crippen LogP contribution in [0.25, 0.3) is 11.1 Å². The zero-order valence-corrected chi connectivity index (χ0v) is 36.2. The first kappa shape index (κ1) is 42.6. The van der Waals surface area contributed by atoms with Crippen LogP contribution in [0.2, 0.25) is 0 Å². The summed E-state index contributed by atoms with van der Waals surface area (Å²) in [4.78, 5) is 0. The van der Waals surface area contributed by atoms with Crippen molar-refractivity contribution in [2.75, 3.05) is 52.9 Å². The summed E-state index contributed by atoms with van der Waals surface area (Å²) >= 11 is 0. The Hall–Kier alpha value is -5.34. The molecule has 0 unspecified atom stereocenters. The van der Waals surface area contributed by atoms with Gasteiger partial charge in [-0.1, -0.05) is 109 Å². The molecule has 4 heterocycles. The fraction of sp³-hybridized carbons (Fsp3) is 0.250. The molecule has 6 aromatic rings. The van der Waals surface area contributed by atoms with Crippen molar-refractivity contribution in [2.45, 2.75) is 25.2 Å². The first-order valence-corrected chi connectivity index (χ1v) is 23.1. The molecule has 330 valence electrons. The van der Waals surface area contributed by atoms with Gasteiger partial charge in [0.25, 0.3) is 0 Å². The average molecular weight is 907 g/mol. The van der Waals surface area contributed by atoms with Crippen LogP contribution in [0.5, 0.6) is 34.5 Å². The number of para-hydroxylation sites is 6. The second-order valence-corrected chi connectivity index (χ2v) is 16.4. The van der Waals surface area contributed by atoms with Crippen LogP contribution in [0, 0.1) is 0 Å². The van der Waals surface area contributed by atoms with Crippen LogP contribution in [0.3, 0.4) is 0 Å². The van der Waals surface area contributed by atoms with E-state index < -0.39 is 42.4 Å². The third kappa shape index (κ3) is 9.97. The van der Waals surface area contributed by atoms with Crippen molar-refractivity contribution in [3.63, 3.8) is 0 Å². The summed E-state index contributed by atoms with van der Waals surface area (Å²) in [6.45, 7) is 3.73. The average Bonchev–Trinajstić information content (AvgIpc) is 4.20. The lowest BCUT2D eigenvalue weighted by Gasteiger charge is -2.24. The van der Waals surface area contributed by atoms with E-state index in [0.717, 1.165) is 0 Å². The second kappa shape index (κ2) is 20.7. The Labute approximate surface area is 372 Å². The third-order valence-electron chi connectivity index (χ3n) is 10.3. The van der Waals surface area contributed by atoms with Gasteiger partial charge >= 0.3 is 17.2 Å². The topological polar surface area (TPSA) is 129 Å². The van der Waals surface area contributed by atoms with Gasteiger partial charge in [0, 0.05) is 11.1 Å². The predicted octanol–water partition coefficient (Wildman–Crippen LogP) is 11.1. The number of benzene rings is 6. The predicted molar refractivity (Wildman–Crippen MR) is 234 cm³/mol. The summed E-state index contributed by atoms with van der Waals surface area (Å²) in [6, 6.07) is 45.2. The van der Waals surface area contributed by atoms with E-state index in [0.29, 0.717) is 121 Å². The lowest BCUT2D eigenvalue weighted by molar-refractivity contribution is -0.0456. The molecule has 4 aliphatic rings. The van der Waals surface area contributed by atoms with Crippen LogP contribution >= 0.6 is 17.2 Å². The molecule has 0 radical (unpaired) electrons. The minimum absolute atomic E-state index is 0.453. The molecule has 0 amide bonds. The maximum atomic E-state index is 6.83. The highest BCUT2D eigenvalue weighted by atomic mass is 31.2. The molecular formula is C48H44O14P2. The van der Waals surface area contributed by atoms with Crippen LogP contribution in [0.1, 0.15) is 47.4 Å². The molecule has 64 heavy (non-hydrogen) atoms. The van der Waals surface area contributed by atoms with Crippen LogP contribution in [0.4, 0.5) is 0 Å². The smallest absolute Gasteiger partial charge is 0.408 e. The highest BCUT2D eigenvalue weighted by Crippen LogP contribution is 2.52. The summed E-state index contributed by atoms with van der Waals surface area (Å²) in [6.07, 6.45) is -2.42. The lowest BCUT2D eigenvalue weighted by Crippen LogP contribution is -2.09. The minimum atomic E-state index is -2.22. The fourth-order valence-corrected chi connectivity index (χ4v) is 9.49. The van der Waals surface area contributed by atoms with Gasteiger partial charge in [0.15, 0.2) is 25.2 Å². The Balaban J connectivity index is 0.991. The van der Waals surface area contributed by atoms with Gasteiger partial charge in [-0.15, -0.1) is 0 Å². The van der Waals surface area contributed by atoms with Crippen molar-refractivity contribution < 1.29 is 65.0 Å². The molecule has 6 aromatic carbocycles. The van der Waals surface area contributed by atoms with Crippen LogP contribution in [-0.2, 0) is 37.9 Å². The van der Waals surface area contributed by atoms with E-state index >= 15 is 0 Å². The summed E-state index contributed by atoms with van der Waals surface area (Å²) in [5.41, 5.74) is 4.18. The molecule has 4 fully saturated rings. The summed E-state index contributed by atoms with van der Waals surface area (Å²) in [5, 5.41) is 0. The molecule has 4 saturated heterocycles. The first-order valence-electron chi connectivity index (χ1n) is 20.9. The fourth-order valence-electron chi connectivity index (χ4n) is 7.32. The zero-order valence-electron chi connectivity index (χ0n) is 34.4. The summed E-state index contributed by atoms with van der Waals surface area (Å²) < 4.78 is 87.4. The van der Waals surface area contributed by atoms with E-state index in [1.807, 2.05) is 146 Å². The summed E-state index contributed by atoms with van der Waals surface area (Å²) in [7, 11) is -4.45. The van der Waals surface area contributed by atoms with Crippen molar-refractivity contribution in [1.82, 2.24) is 0 Å². The van der Waals surface area contributed by atoms with E-state index in [1.54, 1.807) is 0 Å². The normalized spacial score (nSPS) is 17.3. The standard InChI is InChI=1S/C48H44O14P2/c1-7-19-39(57-63(59-41-21-9-3-15-35(41)45-49-25-26-50-45)60-42-22-10-4-16-36(42)46-51-27-28-52-46)33(13-1)34-14-2-8-20-40(34)58-64(61-43-23-11-5-17-37(43)47-53-29-30-54-47)62-44-24-12-6-18-38(44)48-55-31-32-56-48/h1-24,45-48H,25-32H2. The molecule has 0 atom stereocenters. The molecule has 0 aromatic heterocycles. The highest BCUT2D eigenvalue weighted by Gasteiger charge is 2.33. The largest absolute Gasteiger partial charge is 0.530 e. The van der Waals surface area contributed by atoms with E-state index in [4.69, 9.17) is 65.0 Å².